The molecular weight excluding hydrogens is 385 g/mol. The quantitative estimate of drug-likeness (QED) is 0.657. The average molecular weight is 408 g/mol. The van der Waals surface area contributed by atoms with Gasteiger partial charge in [0.2, 0.25) is 11.8 Å². The molecule has 0 saturated heterocycles. The molecule has 0 aliphatic heterocycles. The van der Waals surface area contributed by atoms with E-state index in [9.17, 15) is 22.8 Å². The Kier molecular flexibility index (Phi) is 5.00. The van der Waals surface area contributed by atoms with Gasteiger partial charge in [0.15, 0.2) is 0 Å². The maximum Gasteiger partial charge on any atom is 0.389 e. The number of fused-ring (bicyclic) bond motifs is 1. The van der Waals surface area contributed by atoms with Gasteiger partial charge in [-0.1, -0.05) is 12.5 Å². The lowest BCUT2D eigenvalue weighted by atomic mass is 9.80. The second-order valence-electron chi connectivity index (χ2n) is 8.12. The second-order valence-corrected chi connectivity index (χ2v) is 8.12. The summed E-state index contributed by atoms with van der Waals surface area (Å²) in [5.74, 6) is 0.239. The van der Waals surface area contributed by atoms with Crippen molar-refractivity contribution in [3.63, 3.8) is 0 Å². The van der Waals surface area contributed by atoms with Crippen LogP contribution in [-0.4, -0.2) is 28.0 Å². The van der Waals surface area contributed by atoms with Gasteiger partial charge < -0.3 is 15.6 Å². The molecule has 1 unspecified atom stereocenters. The van der Waals surface area contributed by atoms with Crippen LogP contribution >= 0.6 is 0 Å². The van der Waals surface area contributed by atoms with E-state index >= 15 is 0 Å². The van der Waals surface area contributed by atoms with E-state index in [2.05, 4.69) is 20.6 Å². The fourth-order valence-electron chi connectivity index (χ4n) is 4.04. The van der Waals surface area contributed by atoms with Crippen molar-refractivity contribution in [3.8, 4) is 0 Å². The monoisotopic (exact) mass is 408 g/mol. The molecule has 1 aromatic carbocycles. The van der Waals surface area contributed by atoms with Crippen LogP contribution < -0.4 is 10.6 Å². The fourth-order valence-corrected chi connectivity index (χ4v) is 4.04. The van der Waals surface area contributed by atoms with Crippen LogP contribution in [0.2, 0.25) is 0 Å². The minimum Gasteiger partial charge on any atom is -0.352 e. The number of nitrogens with one attached hydrogen (secondary N) is 3. The number of amides is 2. The van der Waals surface area contributed by atoms with Gasteiger partial charge in [-0.15, -0.1) is 0 Å². The number of rotatable bonds is 7. The van der Waals surface area contributed by atoms with Crippen molar-refractivity contribution in [1.29, 1.82) is 0 Å². The van der Waals surface area contributed by atoms with Gasteiger partial charge >= 0.3 is 6.18 Å². The molecule has 1 aromatic heterocycles. The Balaban J connectivity index is 1.28. The first-order chi connectivity index (χ1) is 13.7. The zero-order chi connectivity index (χ0) is 20.6. The highest BCUT2D eigenvalue weighted by atomic mass is 19.4. The number of aromatic amines is 1. The number of carbonyl (C=O) groups is 2. The van der Waals surface area contributed by atoms with Crippen LogP contribution in [0.1, 0.15) is 49.9 Å². The molecule has 29 heavy (non-hydrogen) atoms. The SMILES string of the molecule is O=C(CCC(F)(F)F)NCc1ccc2nc(CNC(=O)C3CC34CCC4)[nH]c2c1. The Morgan fingerprint density at radius 3 is 2.66 bits per heavy atom. The van der Waals surface area contributed by atoms with Crippen molar-refractivity contribution < 1.29 is 22.8 Å². The molecule has 1 spiro atoms. The van der Waals surface area contributed by atoms with E-state index in [-0.39, 0.29) is 23.8 Å². The predicted molar refractivity (Wildman–Crippen MR) is 99.5 cm³/mol. The van der Waals surface area contributed by atoms with Gasteiger partial charge in [-0.2, -0.15) is 13.2 Å². The van der Waals surface area contributed by atoms with Crippen LogP contribution in [0.4, 0.5) is 13.2 Å². The lowest BCUT2D eigenvalue weighted by Gasteiger charge is -2.26. The van der Waals surface area contributed by atoms with E-state index in [1.165, 1.54) is 6.42 Å². The molecule has 2 amide bonds. The third-order valence-electron chi connectivity index (χ3n) is 6.01. The molecule has 1 heterocycles. The summed E-state index contributed by atoms with van der Waals surface area (Å²) in [6, 6.07) is 5.33. The van der Waals surface area contributed by atoms with E-state index in [1.54, 1.807) is 18.2 Å². The topological polar surface area (TPSA) is 86.9 Å². The second kappa shape index (κ2) is 7.35. The zero-order valence-corrected chi connectivity index (χ0v) is 15.9. The molecule has 2 aliphatic carbocycles. The van der Waals surface area contributed by atoms with Crippen LogP contribution in [-0.2, 0) is 22.7 Å². The molecule has 1 atom stereocenters. The molecule has 2 aliphatic rings. The van der Waals surface area contributed by atoms with Crippen molar-refractivity contribution in [2.45, 2.75) is 57.8 Å². The fraction of sp³-hybridized carbons (Fsp3) is 0.550. The molecule has 3 N–H and O–H groups in total. The molecule has 2 fully saturated rings. The number of halogens is 3. The van der Waals surface area contributed by atoms with Crippen molar-refractivity contribution in [3.05, 3.63) is 29.6 Å². The first kappa shape index (κ1) is 19.7. The van der Waals surface area contributed by atoms with Gasteiger partial charge in [0.25, 0.3) is 0 Å². The summed E-state index contributed by atoms with van der Waals surface area (Å²) in [5.41, 5.74) is 2.51. The van der Waals surface area contributed by atoms with Gasteiger partial charge in [-0.3, -0.25) is 9.59 Å². The first-order valence-corrected chi connectivity index (χ1v) is 9.83. The largest absolute Gasteiger partial charge is 0.389 e. The molecular formula is C20H23F3N4O2. The van der Waals surface area contributed by atoms with Crippen LogP contribution in [0.15, 0.2) is 18.2 Å². The summed E-state index contributed by atoms with van der Waals surface area (Å²) < 4.78 is 36.5. The predicted octanol–water partition coefficient (Wildman–Crippen LogP) is 3.33. The Labute approximate surface area is 165 Å². The maximum absolute atomic E-state index is 12.3. The number of alkyl halides is 3. The zero-order valence-electron chi connectivity index (χ0n) is 15.9. The van der Waals surface area contributed by atoms with E-state index in [0.717, 1.165) is 35.9 Å². The number of nitrogens with zero attached hydrogens (tertiary/aromatic N) is 1. The van der Waals surface area contributed by atoms with Gasteiger partial charge in [-0.25, -0.2) is 4.98 Å². The molecule has 4 rings (SSSR count). The van der Waals surface area contributed by atoms with Gasteiger partial charge in [0.05, 0.1) is 24.0 Å². The average Bonchev–Trinajstić information content (AvgIpc) is 3.29. The summed E-state index contributed by atoms with van der Waals surface area (Å²) in [5, 5.41) is 5.44. The van der Waals surface area contributed by atoms with E-state index in [0.29, 0.717) is 12.4 Å². The van der Waals surface area contributed by atoms with Crippen molar-refractivity contribution in [1.82, 2.24) is 20.6 Å². The molecule has 2 aromatic rings. The van der Waals surface area contributed by atoms with Crippen LogP contribution in [0, 0.1) is 11.3 Å². The van der Waals surface area contributed by atoms with Crippen molar-refractivity contribution >= 4 is 22.8 Å². The number of hydrogen-bond donors (Lipinski definition) is 3. The third kappa shape index (κ3) is 4.54. The molecule has 0 radical (unpaired) electrons. The van der Waals surface area contributed by atoms with Gasteiger partial charge in [0.1, 0.15) is 5.82 Å². The number of imidazole rings is 1. The number of hydrogen-bond acceptors (Lipinski definition) is 3. The smallest absolute Gasteiger partial charge is 0.352 e. The summed E-state index contributed by atoms with van der Waals surface area (Å²) in [6.45, 7) is 0.463. The minimum atomic E-state index is -4.34. The van der Waals surface area contributed by atoms with Crippen molar-refractivity contribution in [2.75, 3.05) is 0 Å². The highest BCUT2D eigenvalue weighted by Crippen LogP contribution is 2.65. The normalized spacial score (nSPS) is 19.8. The van der Waals surface area contributed by atoms with Crippen LogP contribution in [0.25, 0.3) is 11.0 Å². The molecule has 0 bridgehead atoms. The Hall–Kier alpha value is -2.58. The molecule has 156 valence electrons. The molecule has 6 nitrogen and oxygen atoms in total. The highest BCUT2D eigenvalue weighted by molar-refractivity contribution is 5.83. The Morgan fingerprint density at radius 2 is 2.00 bits per heavy atom. The number of aromatic nitrogens is 2. The van der Waals surface area contributed by atoms with E-state index < -0.39 is 24.9 Å². The van der Waals surface area contributed by atoms with Gasteiger partial charge in [0, 0.05) is 18.9 Å². The summed E-state index contributed by atoms with van der Waals surface area (Å²) in [6.07, 6.45) is -1.51. The number of H-pyrrole nitrogens is 1. The Bertz CT molecular complexity index is 933. The summed E-state index contributed by atoms with van der Waals surface area (Å²) >= 11 is 0. The first-order valence-electron chi connectivity index (χ1n) is 9.83. The standard InChI is InChI=1S/C20H23F3N4O2/c21-20(22,23)7-4-17(28)24-10-12-2-3-14-15(8-12)27-16(26-14)11-25-18(29)13-9-19(13)5-1-6-19/h2-3,8,13H,1,4-7,9-11H2,(H,24,28)(H,25,29)(H,26,27). The van der Waals surface area contributed by atoms with E-state index in [4.69, 9.17) is 0 Å². The van der Waals surface area contributed by atoms with Crippen LogP contribution in [0.3, 0.4) is 0 Å². The van der Waals surface area contributed by atoms with Gasteiger partial charge in [-0.05, 0) is 42.4 Å². The van der Waals surface area contributed by atoms with Crippen LogP contribution in [0.5, 0.6) is 0 Å². The molecule has 2 saturated carbocycles. The number of benzene rings is 1. The van der Waals surface area contributed by atoms with E-state index in [1.807, 2.05) is 0 Å². The lowest BCUT2D eigenvalue weighted by Crippen LogP contribution is -2.29. The highest BCUT2D eigenvalue weighted by Gasteiger charge is 2.60. The summed E-state index contributed by atoms with van der Waals surface area (Å²) in [7, 11) is 0. The Morgan fingerprint density at radius 1 is 1.21 bits per heavy atom. The summed E-state index contributed by atoms with van der Waals surface area (Å²) in [4.78, 5) is 31.4. The lowest BCUT2D eigenvalue weighted by molar-refractivity contribution is -0.144. The number of carbonyl (C=O) groups excluding carboxylic acids is 2. The minimum absolute atomic E-state index is 0.0902. The maximum atomic E-state index is 12.3. The molecule has 9 heteroatoms. The third-order valence-corrected chi connectivity index (χ3v) is 6.01. The van der Waals surface area contributed by atoms with Crippen molar-refractivity contribution in [2.24, 2.45) is 11.3 Å².